The highest BCUT2D eigenvalue weighted by atomic mass is 16.5. The van der Waals surface area contributed by atoms with Crippen molar-refractivity contribution in [2.24, 2.45) is 11.7 Å². The summed E-state index contributed by atoms with van der Waals surface area (Å²) in [5.74, 6) is 1.69. The van der Waals surface area contributed by atoms with Crippen LogP contribution in [-0.2, 0) is 5.41 Å². The summed E-state index contributed by atoms with van der Waals surface area (Å²) in [6, 6.07) is 6.88. The molecular formula is C18H29NO. The maximum atomic E-state index is 6.12. The van der Waals surface area contributed by atoms with E-state index >= 15 is 0 Å². The smallest absolute Gasteiger partial charge is 0.123 e. The second kappa shape index (κ2) is 6.17. The zero-order chi connectivity index (χ0) is 14.8. The number of hydrogen-bond acceptors (Lipinski definition) is 2. The summed E-state index contributed by atoms with van der Waals surface area (Å²) in [6.45, 7) is 9.63. The maximum Gasteiger partial charge on any atom is 0.123 e. The molecule has 0 aromatic heterocycles. The molecule has 0 radical (unpaired) electrons. The summed E-state index contributed by atoms with van der Waals surface area (Å²) in [5, 5.41) is 0. The van der Waals surface area contributed by atoms with Gasteiger partial charge in [-0.05, 0) is 49.1 Å². The van der Waals surface area contributed by atoms with Crippen LogP contribution in [-0.4, -0.2) is 12.6 Å². The van der Waals surface area contributed by atoms with Crippen molar-refractivity contribution >= 4 is 0 Å². The molecule has 2 nitrogen and oxygen atoms in total. The summed E-state index contributed by atoms with van der Waals surface area (Å²) in [4.78, 5) is 0. The highest BCUT2D eigenvalue weighted by Crippen LogP contribution is 2.33. The number of ether oxygens (including phenoxy) is 1. The molecule has 0 amide bonds. The van der Waals surface area contributed by atoms with Gasteiger partial charge in [-0.2, -0.15) is 0 Å². The second-order valence-corrected chi connectivity index (χ2v) is 7.24. The van der Waals surface area contributed by atoms with Gasteiger partial charge in [0.05, 0.1) is 6.61 Å². The van der Waals surface area contributed by atoms with Crippen LogP contribution in [0.5, 0.6) is 5.75 Å². The van der Waals surface area contributed by atoms with Crippen molar-refractivity contribution in [3.05, 3.63) is 29.3 Å². The van der Waals surface area contributed by atoms with Gasteiger partial charge >= 0.3 is 0 Å². The molecule has 1 saturated carbocycles. The Labute approximate surface area is 123 Å². The normalized spacial score (nSPS) is 23.1. The quantitative estimate of drug-likeness (QED) is 0.894. The molecule has 2 rings (SSSR count). The Morgan fingerprint density at radius 3 is 2.60 bits per heavy atom. The van der Waals surface area contributed by atoms with Crippen molar-refractivity contribution in [1.82, 2.24) is 0 Å². The Kier molecular flexibility index (Phi) is 4.74. The van der Waals surface area contributed by atoms with E-state index in [-0.39, 0.29) is 5.41 Å². The van der Waals surface area contributed by atoms with Crippen LogP contribution in [0, 0.1) is 12.8 Å². The summed E-state index contributed by atoms with van der Waals surface area (Å²) in [6.07, 6.45) is 4.81. The van der Waals surface area contributed by atoms with E-state index < -0.39 is 0 Å². The van der Waals surface area contributed by atoms with Crippen molar-refractivity contribution in [2.45, 2.75) is 64.8 Å². The summed E-state index contributed by atoms with van der Waals surface area (Å²) in [7, 11) is 0. The lowest BCUT2D eigenvalue weighted by molar-refractivity contribution is 0.265. The molecule has 112 valence electrons. The molecule has 2 atom stereocenters. The summed E-state index contributed by atoms with van der Waals surface area (Å²) in [5.41, 5.74) is 8.83. The van der Waals surface area contributed by atoms with Gasteiger partial charge in [0, 0.05) is 6.04 Å². The third kappa shape index (κ3) is 3.76. The van der Waals surface area contributed by atoms with Crippen molar-refractivity contribution in [2.75, 3.05) is 6.61 Å². The van der Waals surface area contributed by atoms with E-state index in [1.54, 1.807) is 0 Å². The van der Waals surface area contributed by atoms with Crippen molar-refractivity contribution in [1.29, 1.82) is 0 Å². The van der Waals surface area contributed by atoms with Crippen LogP contribution in [0.1, 0.15) is 57.6 Å². The topological polar surface area (TPSA) is 35.2 Å². The van der Waals surface area contributed by atoms with Crippen LogP contribution >= 0.6 is 0 Å². The first-order valence-electron chi connectivity index (χ1n) is 7.87. The molecular weight excluding hydrogens is 246 g/mol. The Bertz CT molecular complexity index is 447. The van der Waals surface area contributed by atoms with Crippen molar-refractivity contribution < 1.29 is 4.74 Å². The predicted molar refractivity (Wildman–Crippen MR) is 85.3 cm³/mol. The minimum absolute atomic E-state index is 0.116. The fraction of sp³-hybridized carbons (Fsp3) is 0.667. The zero-order valence-electron chi connectivity index (χ0n) is 13.4. The van der Waals surface area contributed by atoms with Gasteiger partial charge in [-0.1, -0.05) is 44.9 Å². The Balaban J connectivity index is 1.99. The minimum atomic E-state index is 0.116. The van der Waals surface area contributed by atoms with Gasteiger partial charge < -0.3 is 10.5 Å². The third-order valence-corrected chi connectivity index (χ3v) is 4.41. The maximum absolute atomic E-state index is 6.12. The lowest BCUT2D eigenvalue weighted by atomic mass is 9.85. The van der Waals surface area contributed by atoms with Crippen molar-refractivity contribution in [3.63, 3.8) is 0 Å². The average molecular weight is 275 g/mol. The Hall–Kier alpha value is -1.02. The minimum Gasteiger partial charge on any atom is -0.493 e. The number of benzene rings is 1. The lowest BCUT2D eigenvalue weighted by Crippen LogP contribution is -2.25. The average Bonchev–Trinajstić information content (AvgIpc) is 2.76. The second-order valence-electron chi connectivity index (χ2n) is 7.24. The number of aryl methyl sites for hydroxylation is 1. The van der Waals surface area contributed by atoms with Gasteiger partial charge in [-0.3, -0.25) is 0 Å². The van der Waals surface area contributed by atoms with Gasteiger partial charge in [0.1, 0.15) is 5.75 Å². The number of rotatable bonds is 4. The fourth-order valence-electron chi connectivity index (χ4n) is 3.10. The van der Waals surface area contributed by atoms with E-state index in [9.17, 15) is 0 Å². The van der Waals surface area contributed by atoms with Crippen molar-refractivity contribution in [3.8, 4) is 5.75 Å². The molecule has 0 saturated heterocycles. The molecule has 1 aliphatic carbocycles. The van der Waals surface area contributed by atoms with Crippen LogP contribution in [0.2, 0.25) is 0 Å². The van der Waals surface area contributed by atoms with E-state index in [0.717, 1.165) is 18.8 Å². The molecule has 0 bridgehead atoms. The van der Waals surface area contributed by atoms with E-state index in [2.05, 4.69) is 45.9 Å². The largest absolute Gasteiger partial charge is 0.493 e. The predicted octanol–water partition coefficient (Wildman–Crippen LogP) is 4.19. The highest BCUT2D eigenvalue weighted by Gasteiger charge is 2.24. The SMILES string of the molecule is Cc1ccc(OCCC2CCCC2N)c(C(C)(C)C)c1. The van der Waals surface area contributed by atoms with Gasteiger partial charge in [-0.25, -0.2) is 0 Å². The number of hydrogen-bond donors (Lipinski definition) is 1. The third-order valence-electron chi connectivity index (χ3n) is 4.41. The van der Waals surface area contributed by atoms with Gasteiger partial charge in [0.2, 0.25) is 0 Å². The molecule has 2 N–H and O–H groups in total. The van der Waals surface area contributed by atoms with Gasteiger partial charge in [0.25, 0.3) is 0 Å². The summed E-state index contributed by atoms with van der Waals surface area (Å²) < 4.78 is 6.07. The van der Waals surface area contributed by atoms with Crippen LogP contribution in [0.15, 0.2) is 18.2 Å². The molecule has 1 aromatic rings. The van der Waals surface area contributed by atoms with Gasteiger partial charge in [-0.15, -0.1) is 0 Å². The molecule has 0 aliphatic heterocycles. The monoisotopic (exact) mass is 275 g/mol. The van der Waals surface area contributed by atoms with Crippen LogP contribution in [0.4, 0.5) is 0 Å². The molecule has 1 fully saturated rings. The van der Waals surface area contributed by atoms with Gasteiger partial charge in [0.15, 0.2) is 0 Å². The highest BCUT2D eigenvalue weighted by molar-refractivity contribution is 5.41. The molecule has 1 aliphatic rings. The first-order valence-corrected chi connectivity index (χ1v) is 7.87. The van der Waals surface area contributed by atoms with E-state index in [0.29, 0.717) is 12.0 Å². The molecule has 0 heterocycles. The van der Waals surface area contributed by atoms with E-state index in [1.165, 1.54) is 30.4 Å². The van der Waals surface area contributed by atoms with E-state index in [1.807, 2.05) is 0 Å². The zero-order valence-corrected chi connectivity index (χ0v) is 13.4. The molecule has 0 spiro atoms. The fourth-order valence-corrected chi connectivity index (χ4v) is 3.10. The lowest BCUT2D eigenvalue weighted by Gasteiger charge is -2.24. The molecule has 1 aromatic carbocycles. The molecule has 2 heteroatoms. The van der Waals surface area contributed by atoms with Crippen LogP contribution in [0.3, 0.4) is 0 Å². The first kappa shape index (κ1) is 15.4. The van der Waals surface area contributed by atoms with Crippen LogP contribution < -0.4 is 10.5 Å². The Morgan fingerprint density at radius 1 is 1.25 bits per heavy atom. The molecule has 2 unspecified atom stereocenters. The standard InChI is InChI=1S/C18H29NO/c1-13-8-9-17(15(12-13)18(2,3)4)20-11-10-14-6-5-7-16(14)19/h8-9,12,14,16H,5-7,10-11,19H2,1-4H3. The molecule has 20 heavy (non-hydrogen) atoms. The summed E-state index contributed by atoms with van der Waals surface area (Å²) >= 11 is 0. The Morgan fingerprint density at radius 2 is 2.00 bits per heavy atom. The number of nitrogens with two attached hydrogens (primary N) is 1. The van der Waals surface area contributed by atoms with Crippen LogP contribution in [0.25, 0.3) is 0 Å². The van der Waals surface area contributed by atoms with E-state index in [4.69, 9.17) is 10.5 Å². The first-order chi connectivity index (χ1) is 9.38.